The summed E-state index contributed by atoms with van der Waals surface area (Å²) in [5.74, 6) is -5.92. The molecule has 746 valence electrons. The number of ketones is 1. The molecule has 4 unspecified atom stereocenters. The Labute approximate surface area is 815 Å². The number of anilines is 2. The molecule has 0 radical (unpaired) electrons. The van der Waals surface area contributed by atoms with Crippen LogP contribution in [0.3, 0.4) is 0 Å². The molecule has 0 saturated carbocycles. The van der Waals surface area contributed by atoms with Crippen molar-refractivity contribution in [3.63, 3.8) is 0 Å². The molecule has 4 aromatic carbocycles. The summed E-state index contributed by atoms with van der Waals surface area (Å²) in [4.78, 5) is 213. The van der Waals surface area contributed by atoms with Gasteiger partial charge in [-0.05, 0) is 147 Å². The number of aryl methyl sites for hydroxylation is 6. The molecule has 11 rings (SSSR count). The molecule has 0 spiro atoms. The van der Waals surface area contributed by atoms with Crippen LogP contribution in [0.2, 0.25) is 0 Å². The summed E-state index contributed by atoms with van der Waals surface area (Å²) in [6.45, 7) is 15.9. The first-order chi connectivity index (χ1) is 66.5. The molecule has 3 aliphatic heterocycles. The number of hydrazine groups is 1. The Morgan fingerprint density at radius 2 is 1.12 bits per heavy atom. The number of imidazole rings is 2. The maximum atomic E-state index is 15.0. The molecule has 8 aromatic rings. The predicted molar refractivity (Wildman–Crippen MR) is 513 cm³/mol. The molecule has 0 aliphatic carbocycles. The van der Waals surface area contributed by atoms with Crippen LogP contribution in [0, 0.1) is 32.6 Å². The van der Waals surface area contributed by atoms with Gasteiger partial charge in [-0.1, -0.05) is 26.0 Å². The maximum absolute atomic E-state index is 15.0. The average Bonchev–Trinajstić information content (AvgIpc) is 1.42. The molecule has 3 saturated heterocycles. The van der Waals surface area contributed by atoms with Crippen LogP contribution in [0.25, 0.3) is 21.8 Å². The molecule has 139 heavy (non-hydrogen) atoms. The Morgan fingerprint density at radius 3 is 1.63 bits per heavy atom. The van der Waals surface area contributed by atoms with Crippen LogP contribution in [0.15, 0.2) is 130 Å². The molecular weight excluding hydrogens is 1950 g/mol. The summed E-state index contributed by atoms with van der Waals surface area (Å²) in [5, 5.41) is 44.0. The quantitative estimate of drug-likeness (QED) is 0.0113. The van der Waals surface area contributed by atoms with E-state index < -0.39 is 134 Å². The molecule has 7 heterocycles. The van der Waals surface area contributed by atoms with E-state index in [0.29, 0.717) is 107 Å². The van der Waals surface area contributed by atoms with E-state index in [1.54, 1.807) is 109 Å². The Bertz CT molecular complexity index is 5960. The molecule has 4 aromatic heterocycles. The molecule has 7 amide bonds. The average molecular weight is 2070 g/mol. The van der Waals surface area contributed by atoms with Crippen molar-refractivity contribution < 1.29 is 94.3 Å². The van der Waals surface area contributed by atoms with Gasteiger partial charge in [0.05, 0.1) is 29.1 Å². The first-order valence-electron chi connectivity index (χ1n) is 45.7. The zero-order chi connectivity index (χ0) is 100. The zero-order valence-corrected chi connectivity index (χ0v) is 83.7. The van der Waals surface area contributed by atoms with Gasteiger partial charge in [-0.3, -0.25) is 43.2 Å². The van der Waals surface area contributed by atoms with E-state index in [1.807, 2.05) is 29.7 Å². The van der Waals surface area contributed by atoms with Gasteiger partial charge in [0, 0.05) is 151 Å². The number of nitrogens with one attached hydrogen (secondary N) is 12. The first kappa shape index (κ1) is 107. The van der Waals surface area contributed by atoms with Gasteiger partial charge in [-0.25, -0.2) is 23.1 Å². The van der Waals surface area contributed by atoms with Crippen LogP contribution in [-0.4, -0.2) is 320 Å². The summed E-state index contributed by atoms with van der Waals surface area (Å²) in [6, 6.07) is 10.2. The number of nitrogens with zero attached hydrogens (tertiary/aromatic N) is 10. The number of rotatable bonds is 47. The van der Waals surface area contributed by atoms with Crippen molar-refractivity contribution in [3.8, 4) is 11.5 Å². The van der Waals surface area contributed by atoms with E-state index in [9.17, 15) is 81.1 Å². The second kappa shape index (κ2) is 51.3. The van der Waals surface area contributed by atoms with E-state index >= 15 is 4.79 Å². The number of pyridine rings is 2. The third kappa shape index (κ3) is 30.9. The number of imide groups is 1. The fourth-order valence-electron chi connectivity index (χ4n) is 16.0. The molecule has 48 heteroatoms. The Balaban J connectivity index is 0.637. The zero-order valence-electron chi connectivity index (χ0n) is 78.8. The second-order valence-corrected chi connectivity index (χ2v) is 40.2. The van der Waals surface area contributed by atoms with Gasteiger partial charge < -0.3 is 76.0 Å². The van der Waals surface area contributed by atoms with Crippen molar-refractivity contribution in [2.24, 2.45) is 14.1 Å². The number of H-pyrrole nitrogens is 2. The van der Waals surface area contributed by atoms with Gasteiger partial charge in [-0.15, -0.1) is 0 Å². The number of sulfonamides is 1. The second-order valence-electron chi connectivity index (χ2n) is 34.0. The number of Topliss-reactive ketones (excluding diaryl/α,β-unsaturated/α-hetero) is 1. The van der Waals surface area contributed by atoms with Gasteiger partial charge >= 0.3 is 223 Å². The summed E-state index contributed by atoms with van der Waals surface area (Å²) in [5.41, 5.74) is 3.05. The van der Waals surface area contributed by atoms with E-state index in [4.69, 9.17) is 18.0 Å². The number of hydrogen-bond acceptors (Lipinski definition) is 32. The Hall–Kier alpha value is -12.7. The summed E-state index contributed by atoms with van der Waals surface area (Å²) in [6.07, 6.45) is 9.82. The minimum absolute atomic E-state index is 0.0161. The monoisotopic (exact) mass is 2070 g/mol. The van der Waals surface area contributed by atoms with Crippen LogP contribution >= 0.6 is 11.9 Å². The SMILES string of the molecule is C=C1CN2CCN3CCN(CC(=O)N(C(=O)NC(CC)CNCCNC(=O)CCCOc4cc(C)c(S(=O)(=O)N[C@@H](CNC(=O)c5cn(C)c6cc(CNc7ncc[nH]7)ccc6c5=O)C(=O)O)c(C)c4)[N+](=O)C(CC)C(=O)CCCNC(=O)CCCOc4c(C)cc(SN[C@@H](CNC(=O)c5cn(C)c6cc(CNc7ncc[nH]7)ccc6c5=O)C(=O)O)cc4C)CCN(CC2)CC(=O)[O][In]([O]1)[O]C(=O)C3. The van der Waals surface area contributed by atoms with Crippen LogP contribution in [0.1, 0.15) is 119 Å². The van der Waals surface area contributed by atoms with Crippen molar-refractivity contribution in [1.29, 1.82) is 0 Å². The van der Waals surface area contributed by atoms with Gasteiger partial charge in [0.2, 0.25) is 38.5 Å². The number of carbonyl (C=O) groups excluding carboxylic acids is 9. The third-order valence-corrected chi connectivity index (χ3v) is 30.1. The number of amides is 7. The van der Waals surface area contributed by atoms with Crippen LogP contribution in [-0.2, 0) is 84.1 Å². The Kier molecular flexibility index (Phi) is 39.4. The standard InChI is InChI=1S/C91H122N22O23S2.In/c1-10-63(47-92-23-24-94-77(117)16-13-37-135-64-39-58(5)84(59(6)40-64)138(133,134)105-71(88(129)130)49-100-86(126)69-52-107(9)74-44-62(19-21-67(74)82(69)124)46-102-90-97-27-28-98-90)103-91(131)112(78(118)53-109-31-35-110(54-79(119)120)33-29-108(50-60(7)114)30-34-111(36-32-109)55-80(121)122)113(132)72(11-2)75(115)15-12-22-93-76(116)17-14-38-136-83-56(3)41-65(42-57(83)4)137-104-70(87(127)128)48-99-85(125)68-51-106(8)73-43-61(18-20-66(73)81(68)123)45-101-89-95-25-26-96-89;/h18-21,25-28,39-44,51-52,63,70-72,92,104-105H,7,10-17,22-24,29-38,45-50,53-55H2,1-6,8-9H3,(H13-,93,94,95,96,97,98,99,100,101,102,103,114,116,117,119,120,121,122,125,126,127,128,129,130,131);/q;+3/p-2/t63?,70-,71-,72?;/m0./s1. The van der Waals surface area contributed by atoms with Crippen molar-refractivity contribution >= 4 is 144 Å². The first-order valence-corrected chi connectivity index (χ1v) is 52.0. The third-order valence-electron chi connectivity index (χ3n) is 23.3. The normalized spacial score (nSPS) is 16.3. The van der Waals surface area contributed by atoms with Gasteiger partial charge in [-0.2, -0.15) is 4.72 Å². The fourth-order valence-corrected chi connectivity index (χ4v) is 21.6. The number of nitroso groups, excluding NO2 is 1. The van der Waals surface area contributed by atoms with Crippen molar-refractivity contribution in [1.82, 2.24) is 95.0 Å². The summed E-state index contributed by atoms with van der Waals surface area (Å²) >= 11 is -3.21. The number of aromatic amines is 2. The van der Waals surface area contributed by atoms with Crippen molar-refractivity contribution in [2.75, 3.05) is 142 Å². The number of carboxylic acids is 2. The Morgan fingerprint density at radius 1 is 0.612 bits per heavy atom. The molecule has 3 aliphatic rings. The van der Waals surface area contributed by atoms with Crippen molar-refractivity contribution in [3.05, 3.63) is 180 Å². The molecule has 4 bridgehead atoms. The number of fused-ring (bicyclic) bond motifs is 9. The fraction of sp³-hybridized carbons (Fsp3) is 0.462. The van der Waals surface area contributed by atoms with Gasteiger partial charge in [0.15, 0.2) is 11.9 Å². The minimum atomic E-state index is -4.56. The van der Waals surface area contributed by atoms with Crippen molar-refractivity contribution in [2.45, 2.75) is 140 Å². The van der Waals surface area contributed by atoms with E-state index in [1.165, 1.54) is 38.4 Å². The van der Waals surface area contributed by atoms with E-state index in [2.05, 4.69) is 83.4 Å². The van der Waals surface area contributed by atoms with Gasteiger partial charge in [0.1, 0.15) is 34.7 Å². The van der Waals surface area contributed by atoms with Crippen LogP contribution < -0.4 is 72.3 Å². The molecule has 14 N–H and O–H groups in total. The number of ether oxygens (including phenoxy) is 2. The molecule has 3 fully saturated rings. The van der Waals surface area contributed by atoms with E-state index in [-0.39, 0.29) is 192 Å². The summed E-state index contributed by atoms with van der Waals surface area (Å²) in [7, 11) is -1.22. The van der Waals surface area contributed by atoms with E-state index in [0.717, 1.165) is 23.1 Å². The predicted octanol–water partition coefficient (Wildman–Crippen LogP) is 2.77. The molecular formula is C91H120InN22O23S2+. The molecule has 45 nitrogen and oxygen atoms in total. The molecule has 6 atom stereocenters. The number of urea groups is 1. The number of aliphatic carboxylic acids is 2. The van der Waals surface area contributed by atoms with Crippen LogP contribution in [0.4, 0.5) is 16.7 Å². The number of carboxylic acid groups (broad SMARTS) is 2. The number of aromatic nitrogens is 6. The number of hydrogen-bond donors (Lipinski definition) is 14. The number of benzene rings is 4. The topological polar surface area (TPSA) is 566 Å². The van der Waals surface area contributed by atoms with Gasteiger partial charge in [0.25, 0.3) is 11.8 Å². The number of carbonyl (C=O) groups is 11. The summed E-state index contributed by atoms with van der Waals surface area (Å²) < 4.78 is 65.4. The van der Waals surface area contributed by atoms with Crippen LogP contribution in [0.5, 0.6) is 11.5 Å².